The smallest absolute Gasteiger partial charge is 0.294 e. The van der Waals surface area contributed by atoms with E-state index in [1.807, 2.05) is 32.9 Å². The molecule has 1 aromatic carbocycles. The summed E-state index contributed by atoms with van der Waals surface area (Å²) in [4.78, 5) is 26.6. The van der Waals surface area contributed by atoms with Crippen molar-refractivity contribution in [3.63, 3.8) is 0 Å². The van der Waals surface area contributed by atoms with Gasteiger partial charge in [-0.25, -0.2) is 4.68 Å². The number of carbonyl (C=O) groups is 2. The van der Waals surface area contributed by atoms with Gasteiger partial charge in [-0.2, -0.15) is 0 Å². The van der Waals surface area contributed by atoms with Crippen LogP contribution in [0.2, 0.25) is 0 Å². The summed E-state index contributed by atoms with van der Waals surface area (Å²) in [6, 6.07) is 6.83. The van der Waals surface area contributed by atoms with Gasteiger partial charge >= 0.3 is 0 Å². The molecule has 7 heteroatoms. The summed E-state index contributed by atoms with van der Waals surface area (Å²) in [6.07, 6.45) is 2.00. The van der Waals surface area contributed by atoms with E-state index in [4.69, 9.17) is 0 Å². The maximum atomic E-state index is 12.7. The third-order valence-electron chi connectivity index (χ3n) is 4.56. The number of para-hydroxylation sites is 1. The fourth-order valence-electron chi connectivity index (χ4n) is 3.29. The predicted molar refractivity (Wildman–Crippen MR) is 86.5 cm³/mol. The molecule has 4 rings (SSSR count). The Labute approximate surface area is 139 Å². The molecule has 0 saturated heterocycles. The van der Waals surface area contributed by atoms with Crippen molar-refractivity contribution < 1.29 is 9.59 Å². The summed E-state index contributed by atoms with van der Waals surface area (Å²) in [5.41, 5.74) is 0.814. The van der Waals surface area contributed by atoms with E-state index in [1.54, 1.807) is 21.7 Å². The Balaban J connectivity index is 1.86. The van der Waals surface area contributed by atoms with Gasteiger partial charge in [-0.05, 0) is 62.1 Å². The van der Waals surface area contributed by atoms with Crippen LogP contribution in [0.3, 0.4) is 0 Å². The second kappa shape index (κ2) is 4.96. The van der Waals surface area contributed by atoms with Gasteiger partial charge in [-0.3, -0.25) is 14.5 Å². The van der Waals surface area contributed by atoms with Gasteiger partial charge in [0.2, 0.25) is 0 Å². The molecular weight excluding hydrogens is 306 g/mol. The average Bonchev–Trinajstić information content (AvgIpc) is 3.19. The molecular formula is C17H19N5O2. The van der Waals surface area contributed by atoms with Crippen molar-refractivity contribution in [2.75, 3.05) is 4.90 Å². The van der Waals surface area contributed by atoms with E-state index in [1.165, 1.54) is 0 Å². The number of anilines is 1. The zero-order valence-electron chi connectivity index (χ0n) is 13.9. The number of tetrazole rings is 1. The highest BCUT2D eigenvalue weighted by molar-refractivity contribution is 6.52. The topological polar surface area (TPSA) is 81.0 Å². The molecule has 0 spiro atoms. The molecule has 1 unspecified atom stereocenters. The van der Waals surface area contributed by atoms with Crippen molar-refractivity contribution in [1.82, 2.24) is 20.2 Å². The van der Waals surface area contributed by atoms with Gasteiger partial charge in [0.25, 0.3) is 11.7 Å². The lowest BCUT2D eigenvalue weighted by Crippen LogP contribution is -2.38. The number of aromatic nitrogens is 4. The third kappa shape index (κ3) is 2.15. The number of fused-ring (bicyclic) bond motifs is 1. The van der Waals surface area contributed by atoms with Crippen LogP contribution in [0.4, 0.5) is 5.69 Å². The molecule has 1 fully saturated rings. The standard InChI is InChI=1S/C17H19N5O2/c1-17(2,3)22-15(18-19-20-22)13(10-8-9-10)21-12-7-5-4-6-11(12)14(23)16(21)24/h4-7,10,13H,8-9H2,1-3H3. The van der Waals surface area contributed by atoms with Gasteiger partial charge in [0.15, 0.2) is 5.82 Å². The van der Waals surface area contributed by atoms with E-state index >= 15 is 0 Å². The van der Waals surface area contributed by atoms with Gasteiger partial charge in [0, 0.05) is 0 Å². The van der Waals surface area contributed by atoms with Gasteiger partial charge in [-0.1, -0.05) is 12.1 Å². The van der Waals surface area contributed by atoms with Crippen LogP contribution in [0.5, 0.6) is 0 Å². The molecule has 1 aliphatic heterocycles. The van der Waals surface area contributed by atoms with E-state index in [0.29, 0.717) is 17.1 Å². The lowest BCUT2D eigenvalue weighted by Gasteiger charge is -2.30. The number of hydrogen-bond donors (Lipinski definition) is 0. The highest BCUT2D eigenvalue weighted by atomic mass is 16.2. The molecule has 124 valence electrons. The number of hydrogen-bond acceptors (Lipinski definition) is 5. The van der Waals surface area contributed by atoms with E-state index in [2.05, 4.69) is 15.5 Å². The van der Waals surface area contributed by atoms with Gasteiger partial charge in [-0.15, -0.1) is 5.10 Å². The summed E-state index contributed by atoms with van der Waals surface area (Å²) in [7, 11) is 0. The molecule has 1 aromatic heterocycles. The number of amides is 1. The first-order valence-corrected chi connectivity index (χ1v) is 8.15. The number of ketones is 1. The first-order valence-electron chi connectivity index (χ1n) is 8.15. The Morgan fingerprint density at radius 3 is 2.54 bits per heavy atom. The first-order chi connectivity index (χ1) is 11.4. The van der Waals surface area contributed by atoms with E-state index in [9.17, 15) is 9.59 Å². The van der Waals surface area contributed by atoms with Crippen molar-refractivity contribution in [3.8, 4) is 0 Å². The summed E-state index contributed by atoms with van der Waals surface area (Å²) in [5.74, 6) is -0.0227. The molecule has 1 atom stereocenters. The third-order valence-corrected chi connectivity index (χ3v) is 4.56. The predicted octanol–water partition coefficient (Wildman–Crippen LogP) is 2.11. The molecule has 2 aromatic rings. The Hall–Kier alpha value is -2.57. The SMILES string of the molecule is CC(C)(C)n1nnnc1C(C1CC1)N1C(=O)C(=O)c2ccccc21. The van der Waals surface area contributed by atoms with Crippen molar-refractivity contribution in [3.05, 3.63) is 35.7 Å². The van der Waals surface area contributed by atoms with Crippen molar-refractivity contribution in [2.24, 2.45) is 5.92 Å². The minimum absolute atomic E-state index is 0.278. The fraction of sp³-hybridized carbons (Fsp3) is 0.471. The molecule has 1 aliphatic carbocycles. The van der Waals surface area contributed by atoms with Crippen molar-refractivity contribution >= 4 is 17.4 Å². The van der Waals surface area contributed by atoms with E-state index in [-0.39, 0.29) is 17.5 Å². The van der Waals surface area contributed by atoms with Crippen molar-refractivity contribution in [1.29, 1.82) is 0 Å². The Morgan fingerprint density at radius 2 is 1.88 bits per heavy atom. The Kier molecular flexibility index (Phi) is 3.10. The highest BCUT2D eigenvalue weighted by Gasteiger charge is 2.48. The molecule has 2 aliphatic rings. The zero-order valence-corrected chi connectivity index (χ0v) is 13.9. The Morgan fingerprint density at radius 1 is 1.17 bits per heavy atom. The van der Waals surface area contributed by atoms with Crippen LogP contribution in [0, 0.1) is 5.92 Å². The Bertz CT molecular complexity index is 832. The molecule has 7 nitrogen and oxygen atoms in total. The fourth-order valence-corrected chi connectivity index (χ4v) is 3.29. The quantitative estimate of drug-likeness (QED) is 0.807. The summed E-state index contributed by atoms with van der Waals surface area (Å²) < 4.78 is 1.76. The number of rotatable bonds is 3. The maximum absolute atomic E-state index is 12.7. The number of benzene rings is 1. The zero-order chi connectivity index (χ0) is 17.1. The molecule has 0 N–H and O–H groups in total. The molecule has 0 bridgehead atoms. The lowest BCUT2D eigenvalue weighted by atomic mass is 10.1. The van der Waals surface area contributed by atoms with E-state index in [0.717, 1.165) is 12.8 Å². The lowest BCUT2D eigenvalue weighted by molar-refractivity contribution is -0.114. The molecule has 1 amide bonds. The summed E-state index contributed by atoms with van der Waals surface area (Å²) in [6.45, 7) is 6.05. The average molecular weight is 325 g/mol. The van der Waals surface area contributed by atoms with Gasteiger partial charge in [0.05, 0.1) is 16.8 Å². The number of nitrogens with zero attached hydrogens (tertiary/aromatic N) is 5. The maximum Gasteiger partial charge on any atom is 0.300 e. The molecule has 0 radical (unpaired) electrons. The summed E-state index contributed by atoms with van der Waals surface area (Å²) in [5, 5.41) is 12.2. The number of carbonyl (C=O) groups excluding carboxylic acids is 2. The largest absolute Gasteiger partial charge is 0.300 e. The van der Waals surface area contributed by atoms with E-state index < -0.39 is 11.7 Å². The van der Waals surface area contributed by atoms with Crippen LogP contribution in [-0.4, -0.2) is 31.9 Å². The van der Waals surface area contributed by atoms with Gasteiger partial charge in [0.1, 0.15) is 6.04 Å². The number of Topliss-reactive ketones (excluding diaryl/α,β-unsaturated/α-hetero) is 1. The van der Waals surface area contributed by atoms with Crippen LogP contribution >= 0.6 is 0 Å². The monoisotopic (exact) mass is 325 g/mol. The molecule has 24 heavy (non-hydrogen) atoms. The van der Waals surface area contributed by atoms with Crippen LogP contribution in [0.15, 0.2) is 24.3 Å². The first kappa shape index (κ1) is 15.0. The minimum Gasteiger partial charge on any atom is -0.294 e. The van der Waals surface area contributed by atoms with Crippen LogP contribution in [0.1, 0.15) is 55.8 Å². The van der Waals surface area contributed by atoms with Gasteiger partial charge < -0.3 is 0 Å². The van der Waals surface area contributed by atoms with Crippen molar-refractivity contribution in [2.45, 2.75) is 45.2 Å². The van der Waals surface area contributed by atoms with Crippen LogP contribution in [0.25, 0.3) is 0 Å². The molecule has 1 saturated carbocycles. The minimum atomic E-state index is -0.489. The normalized spacial score (nSPS) is 18.9. The highest BCUT2D eigenvalue weighted by Crippen LogP contribution is 2.48. The van der Waals surface area contributed by atoms with Crippen LogP contribution < -0.4 is 4.90 Å². The molecule has 2 heterocycles. The van der Waals surface area contributed by atoms with Crippen LogP contribution in [-0.2, 0) is 10.3 Å². The second-order valence-electron chi connectivity index (χ2n) is 7.42. The second-order valence-corrected chi connectivity index (χ2v) is 7.42. The summed E-state index contributed by atoms with van der Waals surface area (Å²) >= 11 is 0.